The minimum absolute atomic E-state index is 0.398. The Balaban J connectivity index is 2.22. The number of methoxy groups -OCH3 is 1. The van der Waals surface area contributed by atoms with Gasteiger partial charge in [0, 0.05) is 11.8 Å². The summed E-state index contributed by atoms with van der Waals surface area (Å²) in [5.41, 5.74) is 0.774. The fourth-order valence-corrected chi connectivity index (χ4v) is 1.83. The van der Waals surface area contributed by atoms with Gasteiger partial charge in [-0.25, -0.2) is 9.97 Å². The number of aromatic nitrogens is 2. The zero-order chi connectivity index (χ0) is 12.3. The van der Waals surface area contributed by atoms with Gasteiger partial charge in [0.1, 0.15) is 17.9 Å². The molecule has 88 valence electrons. The lowest BCUT2D eigenvalue weighted by Crippen LogP contribution is -1.96. The number of hydrogen-bond acceptors (Lipinski definition) is 4. The molecule has 6 heteroatoms. The Morgan fingerprint density at radius 3 is 2.76 bits per heavy atom. The summed E-state index contributed by atoms with van der Waals surface area (Å²) in [7, 11) is 1.59. The molecule has 0 aliphatic carbocycles. The van der Waals surface area contributed by atoms with Crippen LogP contribution in [0.3, 0.4) is 0 Å². The van der Waals surface area contributed by atoms with Gasteiger partial charge in [0.25, 0.3) is 0 Å². The van der Waals surface area contributed by atoms with E-state index in [1.807, 2.05) is 12.1 Å². The fraction of sp³-hybridized carbons (Fsp3) is 0.0909. The van der Waals surface area contributed by atoms with Crippen LogP contribution in [0.25, 0.3) is 0 Å². The highest BCUT2D eigenvalue weighted by molar-refractivity contribution is 9.10. The topological polar surface area (TPSA) is 47.0 Å². The third-order valence-corrected chi connectivity index (χ3v) is 2.68. The molecule has 0 radical (unpaired) electrons. The predicted molar refractivity (Wildman–Crippen MR) is 66.0 cm³/mol. The number of nitrogens with zero attached hydrogens (tertiary/aromatic N) is 2. The van der Waals surface area contributed by atoms with E-state index in [4.69, 9.17) is 4.74 Å². The maximum Gasteiger partial charge on any atom is 0.218 e. The monoisotopic (exact) mass is 297 g/mol. The number of hydrogen-bond donors (Lipinski definition) is 1. The second-order valence-electron chi connectivity index (χ2n) is 3.20. The Hall–Kier alpha value is -1.69. The molecular weight excluding hydrogens is 289 g/mol. The number of benzene rings is 1. The molecule has 4 nitrogen and oxygen atoms in total. The molecule has 0 spiro atoms. The average Bonchev–Trinajstić information content (AvgIpc) is 2.29. The molecule has 0 bridgehead atoms. The van der Waals surface area contributed by atoms with E-state index < -0.39 is 5.95 Å². The summed E-state index contributed by atoms with van der Waals surface area (Å²) >= 11 is 3.36. The first-order chi connectivity index (χ1) is 8.19. The van der Waals surface area contributed by atoms with E-state index in [2.05, 4.69) is 31.2 Å². The van der Waals surface area contributed by atoms with Gasteiger partial charge in [-0.1, -0.05) is 0 Å². The van der Waals surface area contributed by atoms with Crippen molar-refractivity contribution in [1.29, 1.82) is 0 Å². The lowest BCUT2D eigenvalue weighted by molar-refractivity contribution is 0.412. The Kier molecular flexibility index (Phi) is 3.53. The molecule has 1 heterocycles. The van der Waals surface area contributed by atoms with Crippen molar-refractivity contribution in [2.75, 3.05) is 12.4 Å². The highest BCUT2D eigenvalue weighted by Gasteiger charge is 2.03. The van der Waals surface area contributed by atoms with Gasteiger partial charge in [0.2, 0.25) is 5.95 Å². The lowest BCUT2D eigenvalue weighted by atomic mass is 10.3. The van der Waals surface area contributed by atoms with Crippen molar-refractivity contribution in [1.82, 2.24) is 9.97 Å². The van der Waals surface area contributed by atoms with E-state index in [0.29, 0.717) is 5.82 Å². The molecule has 0 saturated heterocycles. The van der Waals surface area contributed by atoms with Crippen LogP contribution < -0.4 is 10.1 Å². The van der Waals surface area contributed by atoms with Gasteiger partial charge >= 0.3 is 0 Å². The van der Waals surface area contributed by atoms with Crippen molar-refractivity contribution in [2.45, 2.75) is 0 Å². The Morgan fingerprint density at radius 2 is 2.12 bits per heavy atom. The van der Waals surface area contributed by atoms with E-state index in [9.17, 15) is 4.39 Å². The second kappa shape index (κ2) is 5.09. The average molecular weight is 298 g/mol. The highest BCUT2D eigenvalue weighted by atomic mass is 79.9. The Morgan fingerprint density at radius 1 is 1.29 bits per heavy atom. The molecule has 0 aliphatic heterocycles. The van der Waals surface area contributed by atoms with Crippen LogP contribution in [0, 0.1) is 5.95 Å². The number of ether oxygens (including phenoxy) is 1. The number of rotatable bonds is 3. The molecule has 17 heavy (non-hydrogen) atoms. The van der Waals surface area contributed by atoms with Gasteiger partial charge in [-0.3, -0.25) is 0 Å². The lowest BCUT2D eigenvalue weighted by Gasteiger charge is -2.08. The van der Waals surface area contributed by atoms with E-state index in [1.54, 1.807) is 13.2 Å². The third-order valence-electron chi connectivity index (χ3n) is 2.06. The minimum Gasteiger partial charge on any atom is -0.496 e. The first-order valence-corrected chi connectivity index (χ1v) is 5.56. The first kappa shape index (κ1) is 11.8. The van der Waals surface area contributed by atoms with Crippen molar-refractivity contribution in [3.63, 3.8) is 0 Å². The van der Waals surface area contributed by atoms with E-state index in [0.717, 1.165) is 22.2 Å². The van der Waals surface area contributed by atoms with Crippen LogP contribution >= 0.6 is 15.9 Å². The summed E-state index contributed by atoms with van der Waals surface area (Å²) in [6.45, 7) is 0. The summed E-state index contributed by atoms with van der Waals surface area (Å²) in [5.74, 6) is 0.550. The van der Waals surface area contributed by atoms with Crippen LogP contribution in [0.4, 0.5) is 15.9 Å². The van der Waals surface area contributed by atoms with E-state index in [1.165, 1.54) is 6.07 Å². The SMILES string of the molecule is COc1ccc(Nc2cc(F)ncn2)cc1Br. The standard InChI is InChI=1S/C11H9BrFN3O/c1-17-9-3-2-7(4-8(9)12)16-11-5-10(13)14-6-15-11/h2-6H,1H3,(H,14,15,16). The van der Waals surface area contributed by atoms with Crippen molar-refractivity contribution >= 4 is 27.4 Å². The van der Waals surface area contributed by atoms with E-state index in [-0.39, 0.29) is 0 Å². The summed E-state index contributed by atoms with van der Waals surface area (Å²) in [6.07, 6.45) is 1.16. The van der Waals surface area contributed by atoms with Crippen molar-refractivity contribution in [3.8, 4) is 5.75 Å². The summed E-state index contributed by atoms with van der Waals surface area (Å²) < 4.78 is 18.8. The van der Waals surface area contributed by atoms with Crippen LogP contribution in [0.15, 0.2) is 35.1 Å². The smallest absolute Gasteiger partial charge is 0.218 e. The van der Waals surface area contributed by atoms with Crippen molar-refractivity contribution < 1.29 is 9.13 Å². The van der Waals surface area contributed by atoms with Gasteiger partial charge in [-0.2, -0.15) is 4.39 Å². The van der Waals surface area contributed by atoms with E-state index >= 15 is 0 Å². The van der Waals surface area contributed by atoms with Crippen LogP contribution in [0.5, 0.6) is 5.75 Å². The molecule has 2 aromatic rings. The van der Waals surface area contributed by atoms with Crippen molar-refractivity contribution in [3.05, 3.63) is 41.0 Å². The normalized spacial score (nSPS) is 10.1. The van der Waals surface area contributed by atoms with Crippen LogP contribution in [0.2, 0.25) is 0 Å². The molecule has 1 N–H and O–H groups in total. The first-order valence-electron chi connectivity index (χ1n) is 4.77. The maximum atomic E-state index is 12.8. The molecule has 1 aromatic carbocycles. The van der Waals surface area contributed by atoms with Crippen LogP contribution in [-0.2, 0) is 0 Å². The van der Waals surface area contributed by atoms with Gasteiger partial charge in [-0.15, -0.1) is 0 Å². The summed E-state index contributed by atoms with van der Waals surface area (Å²) in [6, 6.07) is 6.64. The zero-order valence-electron chi connectivity index (χ0n) is 8.95. The summed E-state index contributed by atoms with van der Waals surface area (Å²) in [5, 5.41) is 2.96. The molecule has 0 aliphatic rings. The summed E-state index contributed by atoms with van der Waals surface area (Å²) in [4.78, 5) is 7.28. The van der Waals surface area contributed by atoms with Crippen LogP contribution in [0.1, 0.15) is 0 Å². The Labute approximate surface area is 106 Å². The fourth-order valence-electron chi connectivity index (χ4n) is 1.29. The van der Waals surface area contributed by atoms with Gasteiger partial charge < -0.3 is 10.1 Å². The molecule has 0 unspecified atom stereocenters. The van der Waals surface area contributed by atoms with Gasteiger partial charge in [0.05, 0.1) is 11.6 Å². The predicted octanol–water partition coefficient (Wildman–Crippen LogP) is 3.13. The van der Waals surface area contributed by atoms with Gasteiger partial charge in [-0.05, 0) is 34.1 Å². The number of halogens is 2. The van der Waals surface area contributed by atoms with Gasteiger partial charge in [0.15, 0.2) is 0 Å². The Bertz CT molecular complexity index is 536. The number of anilines is 2. The molecule has 2 rings (SSSR count). The molecule has 0 amide bonds. The highest BCUT2D eigenvalue weighted by Crippen LogP contribution is 2.28. The molecule has 0 saturated carbocycles. The molecule has 0 atom stereocenters. The quantitative estimate of drug-likeness (QED) is 0.884. The second-order valence-corrected chi connectivity index (χ2v) is 4.05. The molecule has 1 aromatic heterocycles. The number of nitrogens with one attached hydrogen (secondary N) is 1. The largest absolute Gasteiger partial charge is 0.496 e. The molecular formula is C11H9BrFN3O. The zero-order valence-corrected chi connectivity index (χ0v) is 10.5. The third kappa shape index (κ3) is 2.91. The molecule has 0 fully saturated rings. The minimum atomic E-state index is -0.574. The maximum absolute atomic E-state index is 12.8. The van der Waals surface area contributed by atoms with Crippen LogP contribution in [-0.4, -0.2) is 17.1 Å². The van der Waals surface area contributed by atoms with Crippen molar-refractivity contribution in [2.24, 2.45) is 0 Å².